The van der Waals surface area contributed by atoms with Gasteiger partial charge in [0, 0.05) is 38.9 Å². The molecule has 2 rings (SSSR count). The summed E-state index contributed by atoms with van der Waals surface area (Å²) < 4.78 is 0. The van der Waals surface area contributed by atoms with Crippen LogP contribution < -0.4 is 10.2 Å². The molecule has 0 radical (unpaired) electrons. The molecule has 28 heavy (non-hydrogen) atoms. The summed E-state index contributed by atoms with van der Waals surface area (Å²) in [5.74, 6) is 0.588. The predicted molar refractivity (Wildman–Crippen MR) is 124 cm³/mol. The molecule has 2 amide bonds. The molecule has 0 aliphatic carbocycles. The third kappa shape index (κ3) is 6.08. The zero-order valence-corrected chi connectivity index (χ0v) is 19.6. The highest BCUT2D eigenvalue weighted by atomic mass is 127. The third-order valence-electron chi connectivity index (χ3n) is 4.74. The van der Waals surface area contributed by atoms with Gasteiger partial charge in [-0.15, -0.1) is 24.0 Å². The van der Waals surface area contributed by atoms with Crippen LogP contribution in [0, 0.1) is 0 Å². The van der Waals surface area contributed by atoms with Gasteiger partial charge in [-0.1, -0.05) is 18.2 Å². The van der Waals surface area contributed by atoms with Crippen molar-refractivity contribution in [3.63, 3.8) is 0 Å². The fourth-order valence-electron chi connectivity index (χ4n) is 3.25. The summed E-state index contributed by atoms with van der Waals surface area (Å²) in [5, 5.41) is 3.16. The second kappa shape index (κ2) is 11.9. The van der Waals surface area contributed by atoms with Crippen LogP contribution in [-0.2, 0) is 16.0 Å². The summed E-state index contributed by atoms with van der Waals surface area (Å²) in [6.07, 6.45) is 0.879. The number of carbonyl (C=O) groups is 2. The van der Waals surface area contributed by atoms with Crippen LogP contribution >= 0.6 is 24.0 Å². The molecule has 1 aliphatic heterocycles. The monoisotopic (exact) mass is 501 g/mol. The van der Waals surface area contributed by atoms with Crippen molar-refractivity contribution >= 4 is 47.4 Å². The SMILES string of the molecule is CCNC(=NCC(=O)N1CCc2ccccc21)N(C)CC(=O)N(CC)CC.I. The second-order valence-electron chi connectivity index (χ2n) is 6.52. The van der Waals surface area contributed by atoms with Crippen LogP contribution in [-0.4, -0.2) is 73.9 Å². The number of nitrogens with one attached hydrogen (secondary N) is 1. The van der Waals surface area contributed by atoms with Crippen LogP contribution in [0.4, 0.5) is 5.69 Å². The molecule has 0 spiro atoms. The van der Waals surface area contributed by atoms with E-state index in [4.69, 9.17) is 0 Å². The van der Waals surface area contributed by atoms with Gasteiger partial charge in [-0.05, 0) is 38.8 Å². The number of carbonyl (C=O) groups excluding carboxylic acids is 2. The number of anilines is 1. The molecule has 0 unspecified atom stereocenters. The molecule has 0 saturated carbocycles. The van der Waals surface area contributed by atoms with E-state index in [-0.39, 0.29) is 48.9 Å². The number of nitrogens with zero attached hydrogens (tertiary/aromatic N) is 4. The van der Waals surface area contributed by atoms with Gasteiger partial charge in [0.2, 0.25) is 11.8 Å². The molecular weight excluding hydrogens is 469 g/mol. The maximum atomic E-state index is 12.7. The van der Waals surface area contributed by atoms with Crippen LogP contribution in [0.5, 0.6) is 0 Å². The molecule has 156 valence electrons. The normalized spacial score (nSPS) is 12.9. The molecule has 0 aromatic heterocycles. The first-order chi connectivity index (χ1) is 13.0. The summed E-state index contributed by atoms with van der Waals surface area (Å²) in [6.45, 7) is 8.92. The molecule has 0 atom stereocenters. The standard InChI is InChI=1S/C20H31N5O2.HI/c1-5-21-20(23(4)15-19(27)24(6-2)7-3)22-14-18(26)25-13-12-16-10-8-9-11-17(16)25;/h8-11H,5-7,12-15H2,1-4H3,(H,21,22);1H. The molecule has 1 aromatic rings. The van der Waals surface area contributed by atoms with Crippen LogP contribution in [0.2, 0.25) is 0 Å². The van der Waals surface area contributed by atoms with Crippen molar-refractivity contribution in [1.82, 2.24) is 15.1 Å². The zero-order valence-electron chi connectivity index (χ0n) is 17.3. The highest BCUT2D eigenvalue weighted by Crippen LogP contribution is 2.27. The van der Waals surface area contributed by atoms with E-state index in [2.05, 4.69) is 16.4 Å². The van der Waals surface area contributed by atoms with Crippen molar-refractivity contribution in [3.05, 3.63) is 29.8 Å². The lowest BCUT2D eigenvalue weighted by Crippen LogP contribution is -2.46. The molecule has 0 fully saturated rings. The van der Waals surface area contributed by atoms with Crippen LogP contribution in [0.15, 0.2) is 29.3 Å². The Kier molecular flexibility index (Phi) is 10.3. The van der Waals surface area contributed by atoms with Gasteiger partial charge in [-0.3, -0.25) is 9.59 Å². The number of rotatable bonds is 7. The van der Waals surface area contributed by atoms with E-state index in [1.54, 1.807) is 14.7 Å². The average Bonchev–Trinajstić information content (AvgIpc) is 3.10. The maximum absolute atomic E-state index is 12.7. The molecule has 1 aromatic carbocycles. The molecule has 0 bridgehead atoms. The Morgan fingerprint density at radius 1 is 1.18 bits per heavy atom. The lowest BCUT2D eigenvalue weighted by molar-refractivity contribution is -0.131. The molecule has 8 heteroatoms. The van der Waals surface area contributed by atoms with E-state index in [9.17, 15) is 9.59 Å². The van der Waals surface area contributed by atoms with E-state index in [1.165, 1.54) is 5.56 Å². The molecule has 0 saturated heterocycles. The Balaban J connectivity index is 0.00000392. The number of amides is 2. The number of likely N-dealkylation sites (N-methyl/N-ethyl adjacent to an activating group) is 2. The molecule has 1 heterocycles. The first-order valence-electron chi connectivity index (χ1n) is 9.67. The average molecular weight is 501 g/mol. The van der Waals surface area contributed by atoms with Gasteiger partial charge in [-0.25, -0.2) is 4.99 Å². The highest BCUT2D eigenvalue weighted by molar-refractivity contribution is 14.0. The minimum Gasteiger partial charge on any atom is -0.356 e. The topological polar surface area (TPSA) is 68.2 Å². The van der Waals surface area contributed by atoms with Crippen molar-refractivity contribution < 1.29 is 9.59 Å². The van der Waals surface area contributed by atoms with E-state index in [0.29, 0.717) is 32.1 Å². The van der Waals surface area contributed by atoms with Gasteiger partial charge in [0.1, 0.15) is 6.54 Å². The molecule has 1 N–H and O–H groups in total. The zero-order chi connectivity index (χ0) is 19.8. The summed E-state index contributed by atoms with van der Waals surface area (Å²) in [6, 6.07) is 7.98. The van der Waals surface area contributed by atoms with Gasteiger partial charge >= 0.3 is 0 Å². The van der Waals surface area contributed by atoms with Crippen LogP contribution in [0.1, 0.15) is 26.3 Å². The van der Waals surface area contributed by atoms with Gasteiger partial charge in [0.25, 0.3) is 0 Å². The van der Waals surface area contributed by atoms with Crippen molar-refractivity contribution in [2.24, 2.45) is 4.99 Å². The van der Waals surface area contributed by atoms with Crippen molar-refractivity contribution in [2.75, 3.05) is 51.2 Å². The highest BCUT2D eigenvalue weighted by Gasteiger charge is 2.24. The fraction of sp³-hybridized carbons (Fsp3) is 0.550. The summed E-state index contributed by atoms with van der Waals surface area (Å²) >= 11 is 0. The fourth-order valence-corrected chi connectivity index (χ4v) is 3.25. The maximum Gasteiger partial charge on any atom is 0.248 e. The number of aliphatic imine (C=N–C) groups is 1. The number of fused-ring (bicyclic) bond motifs is 1. The second-order valence-corrected chi connectivity index (χ2v) is 6.52. The summed E-state index contributed by atoms with van der Waals surface area (Å²) in [7, 11) is 1.82. The Bertz CT molecular complexity index is 691. The molecule has 1 aliphatic rings. The Labute approximate surface area is 185 Å². The minimum absolute atomic E-state index is 0. The summed E-state index contributed by atoms with van der Waals surface area (Å²) in [5.41, 5.74) is 2.18. The van der Waals surface area contributed by atoms with Gasteiger partial charge < -0.3 is 20.0 Å². The van der Waals surface area contributed by atoms with Crippen LogP contribution in [0.3, 0.4) is 0 Å². The molecule has 7 nitrogen and oxygen atoms in total. The number of benzene rings is 1. The smallest absolute Gasteiger partial charge is 0.248 e. The van der Waals surface area contributed by atoms with E-state index in [0.717, 1.165) is 12.1 Å². The lowest BCUT2D eigenvalue weighted by atomic mass is 10.2. The first-order valence-corrected chi connectivity index (χ1v) is 9.67. The molecular formula is C20H32IN5O2. The van der Waals surface area contributed by atoms with E-state index < -0.39 is 0 Å². The largest absolute Gasteiger partial charge is 0.356 e. The minimum atomic E-state index is -0.0289. The van der Waals surface area contributed by atoms with Gasteiger partial charge in [-0.2, -0.15) is 0 Å². The first kappa shape index (κ1) is 24.2. The van der Waals surface area contributed by atoms with E-state index >= 15 is 0 Å². The van der Waals surface area contributed by atoms with E-state index in [1.807, 2.05) is 46.0 Å². The number of halogens is 1. The van der Waals surface area contributed by atoms with Crippen molar-refractivity contribution in [3.8, 4) is 0 Å². The summed E-state index contributed by atoms with van der Waals surface area (Å²) in [4.78, 5) is 34.8. The number of hydrogen-bond donors (Lipinski definition) is 1. The predicted octanol–water partition coefficient (Wildman–Crippen LogP) is 1.96. The van der Waals surface area contributed by atoms with Gasteiger partial charge in [0.15, 0.2) is 5.96 Å². The Morgan fingerprint density at radius 3 is 2.50 bits per heavy atom. The van der Waals surface area contributed by atoms with Crippen LogP contribution in [0.25, 0.3) is 0 Å². The third-order valence-corrected chi connectivity index (χ3v) is 4.74. The Morgan fingerprint density at radius 2 is 1.86 bits per heavy atom. The van der Waals surface area contributed by atoms with Gasteiger partial charge in [0.05, 0.1) is 6.54 Å². The number of guanidine groups is 1. The Hall–Kier alpha value is -1.84. The van der Waals surface area contributed by atoms with Crippen molar-refractivity contribution in [2.45, 2.75) is 27.2 Å². The van der Waals surface area contributed by atoms with Crippen molar-refractivity contribution in [1.29, 1.82) is 0 Å². The number of para-hydroxylation sites is 1. The quantitative estimate of drug-likeness (QED) is 0.353. The lowest BCUT2D eigenvalue weighted by Gasteiger charge is -2.25. The number of hydrogen-bond acceptors (Lipinski definition) is 3.